The van der Waals surface area contributed by atoms with Crippen LogP contribution >= 0.6 is 0 Å². The second kappa shape index (κ2) is 16.3. The summed E-state index contributed by atoms with van der Waals surface area (Å²) in [5.41, 5.74) is -1.24. The predicted octanol–water partition coefficient (Wildman–Crippen LogP) is 11.0. The smallest absolute Gasteiger partial charge is 0.302 e. The van der Waals surface area contributed by atoms with Crippen LogP contribution in [0.1, 0.15) is 126 Å². The molecule has 0 radical (unpaired) electrons. The molecule has 2 aliphatic rings. The maximum atomic E-state index is 15.3. The van der Waals surface area contributed by atoms with Crippen LogP contribution in [0, 0.1) is 23.5 Å². The maximum absolute atomic E-state index is 15.3. The van der Waals surface area contributed by atoms with Gasteiger partial charge >= 0.3 is 5.92 Å². The number of alkyl halides is 3. The zero-order valence-electron chi connectivity index (χ0n) is 25.5. The summed E-state index contributed by atoms with van der Waals surface area (Å²) in [5, 5.41) is 0. The molecule has 1 aromatic carbocycles. The van der Waals surface area contributed by atoms with Gasteiger partial charge in [-0.1, -0.05) is 96.5 Å². The average Bonchev–Trinajstić information content (AvgIpc) is 3.80. The molecule has 1 fully saturated rings. The van der Waals surface area contributed by atoms with Crippen LogP contribution in [-0.4, -0.2) is 23.9 Å². The molecule has 0 saturated heterocycles. The normalized spacial score (nSPS) is 18.5. The molecule has 0 bridgehead atoms. The predicted molar refractivity (Wildman–Crippen MR) is 159 cm³/mol. The van der Waals surface area contributed by atoms with Crippen molar-refractivity contribution in [1.29, 1.82) is 0 Å². The van der Waals surface area contributed by atoms with Crippen molar-refractivity contribution >= 4 is 0 Å². The highest BCUT2D eigenvalue weighted by Gasteiger charge is 2.50. The molecule has 0 N–H and O–H groups in total. The van der Waals surface area contributed by atoms with E-state index in [1.807, 2.05) is 6.92 Å². The van der Waals surface area contributed by atoms with Crippen molar-refractivity contribution in [2.75, 3.05) is 6.61 Å². The zero-order valence-corrected chi connectivity index (χ0v) is 25.5. The third kappa shape index (κ3) is 9.45. The first-order valence-electron chi connectivity index (χ1n) is 16.5. The van der Waals surface area contributed by atoms with E-state index in [1.54, 1.807) is 0 Å². The molecule has 2 aliphatic carbocycles. The molecule has 8 heteroatoms. The number of benzene rings is 1. The molecule has 0 spiro atoms. The molecule has 2 aromatic rings. The number of pyridine rings is 1. The Labute approximate surface area is 253 Å². The van der Waals surface area contributed by atoms with E-state index in [-0.39, 0.29) is 36.1 Å². The summed E-state index contributed by atoms with van der Waals surface area (Å²) in [6.07, 6.45) is 12.9. The highest BCUT2D eigenvalue weighted by Crippen LogP contribution is 2.45. The number of ether oxygens (including phenoxy) is 1. The Balaban J connectivity index is 1.31. The van der Waals surface area contributed by atoms with Crippen LogP contribution in [0.2, 0.25) is 0 Å². The number of nitrogens with zero attached hydrogens (tertiary/aromatic N) is 1. The first-order valence-corrected chi connectivity index (χ1v) is 16.5. The van der Waals surface area contributed by atoms with Gasteiger partial charge in [-0.15, -0.1) is 0 Å². The number of fused-ring (bicyclic) bond motifs is 1. The van der Waals surface area contributed by atoms with Gasteiger partial charge in [0.15, 0.2) is 11.6 Å². The van der Waals surface area contributed by atoms with E-state index < -0.39 is 48.0 Å². The largest absolute Gasteiger partial charge is 0.369 e. The van der Waals surface area contributed by atoms with Crippen molar-refractivity contribution in [3.05, 3.63) is 52.5 Å². The lowest BCUT2D eigenvalue weighted by molar-refractivity contribution is -0.160. The third-order valence-electron chi connectivity index (χ3n) is 9.01. The lowest BCUT2D eigenvalue weighted by Crippen LogP contribution is -2.40. The average molecular weight is 612 g/mol. The Kier molecular flexibility index (Phi) is 12.8. The first kappa shape index (κ1) is 33.8. The number of aryl methyl sites for hydroxylation is 2. The molecule has 1 aromatic heterocycles. The van der Waals surface area contributed by atoms with E-state index in [2.05, 4.69) is 4.98 Å². The number of unbranched alkanes of at least 4 members (excludes halogenated alkanes) is 9. The van der Waals surface area contributed by atoms with Gasteiger partial charge in [0.1, 0.15) is 12.3 Å². The van der Waals surface area contributed by atoms with Gasteiger partial charge in [-0.3, -0.25) is 0 Å². The Bertz CT molecular complexity index is 1170. The third-order valence-corrected chi connectivity index (χ3v) is 9.01. The second-order valence-corrected chi connectivity index (χ2v) is 12.6. The fourth-order valence-electron chi connectivity index (χ4n) is 6.17. The quantitative estimate of drug-likeness (QED) is 0.0896. The molecular weight excluding hydrogens is 564 g/mol. The summed E-state index contributed by atoms with van der Waals surface area (Å²) in [7, 11) is 0. The molecule has 1 heterocycles. The summed E-state index contributed by atoms with van der Waals surface area (Å²) in [4.78, 5) is 3.87. The fraction of sp³-hybridized carbons (Fsp3) is 0.686. The van der Waals surface area contributed by atoms with Gasteiger partial charge < -0.3 is 4.74 Å². The van der Waals surface area contributed by atoms with Crippen LogP contribution in [0.3, 0.4) is 0 Å². The van der Waals surface area contributed by atoms with Crippen LogP contribution in [0.25, 0.3) is 11.3 Å². The van der Waals surface area contributed by atoms with Crippen molar-refractivity contribution in [3.8, 4) is 11.3 Å². The molecule has 2 nitrogen and oxygen atoms in total. The van der Waals surface area contributed by atoms with Crippen molar-refractivity contribution in [2.45, 2.75) is 141 Å². The standard InChI is InChI=1S/C35H47F6NO/c1-2-3-4-12-15-27(36)23-43-30-21-19-26-22-28(32(37)33(38)31(26)35(30,40)41)29-20-18-25(34(39)42-29)14-11-9-7-5-6-8-10-13-24-16-17-24/h18,20,22,24,27,30H,2-17,19,21,23H2,1H3. The number of hydrogen-bond acceptors (Lipinski definition) is 2. The Morgan fingerprint density at radius 3 is 2.28 bits per heavy atom. The molecule has 2 atom stereocenters. The summed E-state index contributed by atoms with van der Waals surface area (Å²) in [5.74, 6) is -6.80. The summed E-state index contributed by atoms with van der Waals surface area (Å²) < 4.78 is 95.2. The van der Waals surface area contributed by atoms with Crippen LogP contribution in [0.5, 0.6) is 0 Å². The van der Waals surface area contributed by atoms with Gasteiger partial charge in [-0.25, -0.2) is 18.2 Å². The monoisotopic (exact) mass is 611 g/mol. The number of aromatic nitrogens is 1. The van der Waals surface area contributed by atoms with E-state index in [0.29, 0.717) is 18.4 Å². The van der Waals surface area contributed by atoms with Crippen LogP contribution in [0.15, 0.2) is 18.2 Å². The number of hydrogen-bond donors (Lipinski definition) is 0. The van der Waals surface area contributed by atoms with Crippen molar-refractivity contribution in [2.24, 2.45) is 5.92 Å². The summed E-state index contributed by atoms with van der Waals surface area (Å²) in [6, 6.07) is 4.06. The second-order valence-electron chi connectivity index (χ2n) is 12.6. The molecule has 2 unspecified atom stereocenters. The van der Waals surface area contributed by atoms with Gasteiger partial charge in [0.2, 0.25) is 5.95 Å². The molecule has 43 heavy (non-hydrogen) atoms. The lowest BCUT2D eigenvalue weighted by Gasteiger charge is -2.34. The molecule has 4 rings (SSSR count). The Morgan fingerprint density at radius 2 is 1.58 bits per heavy atom. The Morgan fingerprint density at radius 1 is 0.884 bits per heavy atom. The minimum absolute atomic E-state index is 0.00563. The number of rotatable bonds is 19. The van der Waals surface area contributed by atoms with Gasteiger partial charge in [0.25, 0.3) is 0 Å². The van der Waals surface area contributed by atoms with Gasteiger partial charge in [0.05, 0.1) is 17.9 Å². The molecule has 0 aliphatic heterocycles. The van der Waals surface area contributed by atoms with E-state index in [1.165, 1.54) is 57.1 Å². The van der Waals surface area contributed by atoms with E-state index in [4.69, 9.17) is 4.74 Å². The fourth-order valence-corrected chi connectivity index (χ4v) is 6.17. The summed E-state index contributed by atoms with van der Waals surface area (Å²) >= 11 is 0. The minimum atomic E-state index is -3.84. The lowest BCUT2D eigenvalue weighted by atomic mass is 9.84. The highest BCUT2D eigenvalue weighted by molar-refractivity contribution is 5.63. The van der Waals surface area contributed by atoms with E-state index >= 15 is 17.6 Å². The van der Waals surface area contributed by atoms with Crippen molar-refractivity contribution < 1.29 is 31.1 Å². The Hall–Kier alpha value is -2.09. The molecule has 240 valence electrons. The topological polar surface area (TPSA) is 22.1 Å². The van der Waals surface area contributed by atoms with Crippen molar-refractivity contribution in [1.82, 2.24) is 4.98 Å². The number of halogens is 6. The van der Waals surface area contributed by atoms with E-state index in [9.17, 15) is 8.78 Å². The SMILES string of the molecule is CCCCCCC(F)COC1CCc2cc(-c3ccc(CCCCCCCCCC4CC4)c(F)n3)c(F)c(F)c2C1(F)F. The molecule has 0 amide bonds. The van der Waals surface area contributed by atoms with Crippen LogP contribution < -0.4 is 0 Å². The van der Waals surface area contributed by atoms with Gasteiger partial charge in [0, 0.05) is 11.1 Å². The summed E-state index contributed by atoms with van der Waals surface area (Å²) in [6.45, 7) is 1.52. The van der Waals surface area contributed by atoms with Crippen LogP contribution in [-0.2, 0) is 23.5 Å². The van der Waals surface area contributed by atoms with Crippen molar-refractivity contribution in [3.63, 3.8) is 0 Å². The minimum Gasteiger partial charge on any atom is -0.369 e. The molecule has 1 saturated carbocycles. The van der Waals surface area contributed by atoms with Gasteiger partial charge in [-0.05, 0) is 55.7 Å². The molecular formula is C35H47F6NO. The first-order chi connectivity index (χ1) is 20.7. The highest BCUT2D eigenvalue weighted by atomic mass is 19.3. The zero-order chi connectivity index (χ0) is 30.8. The van der Waals surface area contributed by atoms with Crippen LogP contribution in [0.4, 0.5) is 26.3 Å². The van der Waals surface area contributed by atoms with Gasteiger partial charge in [-0.2, -0.15) is 13.2 Å². The van der Waals surface area contributed by atoms with E-state index in [0.717, 1.165) is 50.5 Å². The maximum Gasteiger partial charge on any atom is 0.302 e.